The number of fused-ring (bicyclic) bond motifs is 1. The van der Waals surface area contributed by atoms with Gasteiger partial charge in [0.2, 0.25) is 0 Å². The Hall–Kier alpha value is -2.33. The predicted octanol–water partition coefficient (Wildman–Crippen LogP) is 5.09. The molecule has 148 valence electrons. The fourth-order valence-corrected chi connectivity index (χ4v) is 4.24. The van der Waals surface area contributed by atoms with Gasteiger partial charge in [0.05, 0.1) is 17.6 Å². The third-order valence-corrected chi connectivity index (χ3v) is 5.82. The van der Waals surface area contributed by atoms with Crippen molar-refractivity contribution >= 4 is 11.0 Å². The first-order valence-corrected chi connectivity index (χ1v) is 10.6. The number of benzene rings is 2. The number of hydrogen-bond acceptors (Lipinski definition) is 3. The van der Waals surface area contributed by atoms with Gasteiger partial charge in [0.1, 0.15) is 24.3 Å². The van der Waals surface area contributed by atoms with Crippen molar-refractivity contribution in [2.45, 2.75) is 64.0 Å². The van der Waals surface area contributed by atoms with Crippen molar-refractivity contribution < 1.29 is 9.84 Å². The van der Waals surface area contributed by atoms with Crippen molar-refractivity contribution in [1.29, 1.82) is 0 Å². The summed E-state index contributed by atoms with van der Waals surface area (Å²) >= 11 is 0. The summed E-state index contributed by atoms with van der Waals surface area (Å²) in [5, 5.41) is 10.7. The lowest BCUT2D eigenvalue weighted by Crippen LogP contribution is -2.25. The van der Waals surface area contributed by atoms with E-state index in [2.05, 4.69) is 35.8 Å². The second-order valence-corrected chi connectivity index (χ2v) is 7.87. The Bertz CT molecular complexity index is 895. The van der Waals surface area contributed by atoms with Gasteiger partial charge in [0.25, 0.3) is 0 Å². The van der Waals surface area contributed by atoms with Crippen LogP contribution in [0.1, 0.15) is 56.3 Å². The first kappa shape index (κ1) is 19.0. The smallest absolute Gasteiger partial charge is 0.119 e. The van der Waals surface area contributed by atoms with E-state index >= 15 is 0 Å². The van der Waals surface area contributed by atoms with Gasteiger partial charge in [-0.05, 0) is 49.1 Å². The van der Waals surface area contributed by atoms with Crippen LogP contribution in [0.2, 0.25) is 0 Å². The Morgan fingerprint density at radius 1 is 1.07 bits per heavy atom. The van der Waals surface area contributed by atoms with E-state index in [4.69, 9.17) is 9.72 Å². The van der Waals surface area contributed by atoms with Crippen LogP contribution in [0.15, 0.2) is 48.5 Å². The summed E-state index contributed by atoms with van der Waals surface area (Å²) in [6.45, 7) is 2.93. The first-order chi connectivity index (χ1) is 13.7. The first-order valence-electron chi connectivity index (χ1n) is 10.6. The summed E-state index contributed by atoms with van der Waals surface area (Å²) in [6.07, 6.45) is 6.69. The lowest BCUT2D eigenvalue weighted by atomic mass is 9.88. The van der Waals surface area contributed by atoms with Crippen LogP contribution in [0.25, 0.3) is 11.0 Å². The van der Waals surface area contributed by atoms with Crippen molar-refractivity contribution in [3.8, 4) is 5.75 Å². The molecule has 0 radical (unpaired) electrons. The Morgan fingerprint density at radius 2 is 1.82 bits per heavy atom. The van der Waals surface area contributed by atoms with Gasteiger partial charge in [0, 0.05) is 5.92 Å². The van der Waals surface area contributed by atoms with Crippen LogP contribution in [0.4, 0.5) is 0 Å². The van der Waals surface area contributed by atoms with E-state index in [1.165, 1.54) is 37.7 Å². The number of aromatic nitrogens is 2. The number of para-hydroxylation sites is 2. The average Bonchev–Trinajstić information content (AvgIpc) is 3.12. The predicted molar refractivity (Wildman–Crippen MR) is 113 cm³/mol. The Labute approximate surface area is 167 Å². The fraction of sp³-hybridized carbons (Fsp3) is 0.458. The molecule has 0 amide bonds. The highest BCUT2D eigenvalue weighted by Crippen LogP contribution is 2.34. The van der Waals surface area contributed by atoms with Crippen LogP contribution >= 0.6 is 0 Å². The molecule has 0 bridgehead atoms. The van der Waals surface area contributed by atoms with Crippen LogP contribution in [-0.4, -0.2) is 27.4 Å². The van der Waals surface area contributed by atoms with Gasteiger partial charge in [-0.3, -0.25) is 0 Å². The van der Waals surface area contributed by atoms with Gasteiger partial charge in [0.15, 0.2) is 0 Å². The summed E-state index contributed by atoms with van der Waals surface area (Å²) in [4.78, 5) is 4.94. The number of imidazole rings is 1. The molecule has 1 aliphatic carbocycles. The van der Waals surface area contributed by atoms with E-state index in [9.17, 15) is 5.11 Å². The molecule has 4 heteroatoms. The molecule has 4 rings (SSSR count). The molecule has 1 saturated carbocycles. The number of aliphatic hydroxyl groups excluding tert-OH is 1. The monoisotopic (exact) mass is 378 g/mol. The molecular formula is C24H30N2O2. The van der Waals surface area contributed by atoms with Gasteiger partial charge in [-0.1, -0.05) is 50.5 Å². The highest BCUT2D eigenvalue weighted by molar-refractivity contribution is 5.76. The van der Waals surface area contributed by atoms with Crippen LogP contribution in [0.3, 0.4) is 0 Å². The largest absolute Gasteiger partial charge is 0.491 e. The summed E-state index contributed by atoms with van der Waals surface area (Å²) in [7, 11) is 0. The van der Waals surface area contributed by atoms with Crippen LogP contribution in [0, 0.1) is 0 Å². The summed E-state index contributed by atoms with van der Waals surface area (Å²) in [5.74, 6) is 2.43. The van der Waals surface area contributed by atoms with E-state index in [-0.39, 0.29) is 6.61 Å². The number of aliphatic hydroxyl groups is 1. The van der Waals surface area contributed by atoms with Crippen molar-refractivity contribution in [3.63, 3.8) is 0 Å². The zero-order valence-electron chi connectivity index (χ0n) is 16.7. The van der Waals surface area contributed by atoms with Crippen LogP contribution < -0.4 is 4.74 Å². The van der Waals surface area contributed by atoms with Crippen molar-refractivity contribution in [3.05, 3.63) is 59.9 Å². The summed E-state index contributed by atoms with van der Waals surface area (Å²) < 4.78 is 8.05. The van der Waals surface area contributed by atoms with E-state index in [0.717, 1.165) is 29.0 Å². The minimum atomic E-state index is -0.578. The molecule has 28 heavy (non-hydrogen) atoms. The van der Waals surface area contributed by atoms with Crippen molar-refractivity contribution in [1.82, 2.24) is 9.55 Å². The molecule has 1 unspecified atom stereocenters. The summed E-state index contributed by atoms with van der Waals surface area (Å²) in [5.41, 5.74) is 3.41. The van der Waals surface area contributed by atoms with Gasteiger partial charge in [-0.25, -0.2) is 4.98 Å². The molecule has 1 N–H and O–H groups in total. The molecule has 1 heterocycles. The lowest BCUT2D eigenvalue weighted by Gasteiger charge is -2.23. The molecule has 1 fully saturated rings. The van der Waals surface area contributed by atoms with Crippen molar-refractivity contribution in [2.24, 2.45) is 0 Å². The average molecular weight is 379 g/mol. The molecule has 0 aliphatic heterocycles. The number of ether oxygens (including phenoxy) is 1. The maximum absolute atomic E-state index is 10.7. The SMILES string of the molecule is CCc1ccc(OCC(O)Cn2c(C3CCCCC3)nc3ccccc32)cc1. The molecule has 1 aromatic heterocycles. The van der Waals surface area contributed by atoms with Gasteiger partial charge < -0.3 is 14.4 Å². The van der Waals surface area contributed by atoms with Crippen molar-refractivity contribution in [2.75, 3.05) is 6.61 Å². The second kappa shape index (κ2) is 8.78. The third kappa shape index (κ3) is 4.22. The lowest BCUT2D eigenvalue weighted by molar-refractivity contribution is 0.0922. The highest BCUT2D eigenvalue weighted by atomic mass is 16.5. The summed E-state index contributed by atoms with van der Waals surface area (Å²) in [6, 6.07) is 16.4. The topological polar surface area (TPSA) is 47.3 Å². The Kier molecular flexibility index (Phi) is 5.96. The van der Waals surface area contributed by atoms with Gasteiger partial charge >= 0.3 is 0 Å². The van der Waals surface area contributed by atoms with Crippen LogP contribution in [0.5, 0.6) is 5.75 Å². The molecular weight excluding hydrogens is 348 g/mol. The fourth-order valence-electron chi connectivity index (χ4n) is 4.24. The maximum Gasteiger partial charge on any atom is 0.119 e. The quantitative estimate of drug-likeness (QED) is 0.623. The zero-order chi connectivity index (χ0) is 19.3. The van der Waals surface area contributed by atoms with Gasteiger partial charge in [-0.2, -0.15) is 0 Å². The maximum atomic E-state index is 10.7. The number of aryl methyl sites for hydroxylation is 1. The normalized spacial score (nSPS) is 16.4. The molecule has 1 aliphatic rings. The number of hydrogen-bond donors (Lipinski definition) is 1. The van der Waals surface area contributed by atoms with Crippen LogP contribution in [-0.2, 0) is 13.0 Å². The molecule has 0 spiro atoms. The van der Waals surface area contributed by atoms with E-state index < -0.39 is 6.10 Å². The minimum absolute atomic E-state index is 0.280. The second-order valence-electron chi connectivity index (χ2n) is 7.87. The Morgan fingerprint density at radius 3 is 2.57 bits per heavy atom. The highest BCUT2D eigenvalue weighted by Gasteiger charge is 2.23. The third-order valence-electron chi connectivity index (χ3n) is 5.82. The van der Waals surface area contributed by atoms with E-state index in [0.29, 0.717) is 12.5 Å². The molecule has 4 nitrogen and oxygen atoms in total. The molecule has 0 saturated heterocycles. The number of rotatable bonds is 7. The molecule has 1 atom stereocenters. The molecule has 2 aromatic carbocycles. The zero-order valence-corrected chi connectivity index (χ0v) is 16.7. The minimum Gasteiger partial charge on any atom is -0.491 e. The molecule has 3 aromatic rings. The van der Waals surface area contributed by atoms with Gasteiger partial charge in [-0.15, -0.1) is 0 Å². The number of nitrogens with zero attached hydrogens (tertiary/aromatic N) is 2. The standard InChI is InChI=1S/C24H30N2O2/c1-2-18-12-14-21(15-13-18)28-17-20(27)16-26-23-11-7-6-10-22(23)25-24(26)19-8-4-3-5-9-19/h6-7,10-15,19-20,27H,2-5,8-9,16-17H2,1H3. The Balaban J connectivity index is 1.49. The van der Waals surface area contributed by atoms with E-state index in [1.807, 2.05) is 24.3 Å². The van der Waals surface area contributed by atoms with E-state index in [1.54, 1.807) is 0 Å².